The van der Waals surface area contributed by atoms with Crippen molar-refractivity contribution in [3.8, 4) is 5.69 Å². The van der Waals surface area contributed by atoms with E-state index in [0.717, 1.165) is 27.1 Å². The molecule has 2 aromatic rings. The second kappa shape index (κ2) is 6.79. The quantitative estimate of drug-likeness (QED) is 0.548. The normalized spacial score (nSPS) is 11.0. The molecule has 0 aliphatic heterocycles. The zero-order chi connectivity index (χ0) is 15.6. The lowest BCUT2D eigenvalue weighted by Crippen LogP contribution is -2.29. The molecule has 1 heterocycles. The van der Waals surface area contributed by atoms with Gasteiger partial charge in [-0.3, -0.25) is 4.79 Å². The van der Waals surface area contributed by atoms with Crippen molar-refractivity contribution in [3.05, 3.63) is 44.2 Å². The zero-order valence-electron chi connectivity index (χ0n) is 12.2. The Bertz CT molecular complexity index is 654. The summed E-state index contributed by atoms with van der Waals surface area (Å²) in [6.45, 7) is 6.49. The number of hydrogen-bond donors (Lipinski definition) is 0. The zero-order valence-corrected chi connectivity index (χ0v) is 15.1. The van der Waals surface area contributed by atoms with Crippen molar-refractivity contribution in [2.45, 2.75) is 33.4 Å². The number of para-hydroxylation sites is 1. The second-order valence-electron chi connectivity index (χ2n) is 5.10. The SMILES string of the molecule is Cc1c(CN(C=O)C(C)C)nn(-c2ccccc2Cl)c1I. The van der Waals surface area contributed by atoms with Crippen molar-refractivity contribution in [2.24, 2.45) is 0 Å². The van der Waals surface area contributed by atoms with Crippen LogP contribution in [-0.2, 0) is 11.3 Å². The van der Waals surface area contributed by atoms with E-state index in [4.69, 9.17) is 11.6 Å². The van der Waals surface area contributed by atoms with Crippen LogP contribution in [0.1, 0.15) is 25.1 Å². The Kier molecular flexibility index (Phi) is 5.27. The number of halogens is 2. The van der Waals surface area contributed by atoms with E-state index in [2.05, 4.69) is 27.7 Å². The van der Waals surface area contributed by atoms with Crippen molar-refractivity contribution in [1.29, 1.82) is 0 Å². The highest BCUT2D eigenvalue weighted by atomic mass is 127. The van der Waals surface area contributed by atoms with E-state index in [1.165, 1.54) is 0 Å². The molecule has 112 valence electrons. The summed E-state index contributed by atoms with van der Waals surface area (Å²) in [4.78, 5) is 12.9. The minimum absolute atomic E-state index is 0.144. The van der Waals surface area contributed by atoms with Crippen LogP contribution in [0.4, 0.5) is 0 Å². The molecule has 1 aromatic carbocycles. The molecule has 6 heteroatoms. The number of aromatic nitrogens is 2. The van der Waals surface area contributed by atoms with Crippen LogP contribution >= 0.6 is 34.2 Å². The maximum absolute atomic E-state index is 11.1. The molecular weight excluding hydrogens is 401 g/mol. The number of carbonyl (C=O) groups is 1. The van der Waals surface area contributed by atoms with E-state index < -0.39 is 0 Å². The van der Waals surface area contributed by atoms with Crippen LogP contribution in [0.2, 0.25) is 5.02 Å². The number of rotatable bonds is 5. The first-order valence-corrected chi connectivity index (χ1v) is 8.11. The van der Waals surface area contributed by atoms with Crippen LogP contribution in [0.25, 0.3) is 5.69 Å². The predicted molar refractivity (Wildman–Crippen MR) is 92.8 cm³/mol. The fourth-order valence-corrected chi connectivity index (χ4v) is 2.86. The first kappa shape index (κ1) is 16.3. The summed E-state index contributed by atoms with van der Waals surface area (Å²) in [5.74, 6) is 0. The molecule has 1 amide bonds. The topological polar surface area (TPSA) is 38.1 Å². The molecule has 2 rings (SSSR count). The van der Waals surface area contributed by atoms with E-state index in [0.29, 0.717) is 11.6 Å². The lowest BCUT2D eigenvalue weighted by molar-refractivity contribution is -0.120. The largest absolute Gasteiger partial charge is 0.337 e. The Labute approximate surface area is 143 Å². The predicted octanol–water partition coefficient (Wildman–Crippen LogP) is 3.81. The number of benzene rings is 1. The molecule has 0 bridgehead atoms. The third-order valence-corrected chi connectivity index (χ3v) is 4.95. The van der Waals surface area contributed by atoms with Crippen LogP contribution in [-0.4, -0.2) is 27.1 Å². The maximum atomic E-state index is 11.1. The molecule has 0 N–H and O–H groups in total. The van der Waals surface area contributed by atoms with Crippen LogP contribution in [0.5, 0.6) is 0 Å². The summed E-state index contributed by atoms with van der Waals surface area (Å²) in [6.07, 6.45) is 0.867. The summed E-state index contributed by atoms with van der Waals surface area (Å²) >= 11 is 8.50. The van der Waals surface area contributed by atoms with Crippen molar-refractivity contribution < 1.29 is 4.79 Å². The van der Waals surface area contributed by atoms with Crippen molar-refractivity contribution in [3.63, 3.8) is 0 Å². The first-order valence-electron chi connectivity index (χ1n) is 6.65. The molecule has 0 radical (unpaired) electrons. The molecule has 0 unspecified atom stereocenters. The van der Waals surface area contributed by atoms with E-state index in [-0.39, 0.29) is 6.04 Å². The van der Waals surface area contributed by atoms with Crippen LogP contribution in [0, 0.1) is 10.6 Å². The van der Waals surface area contributed by atoms with Gasteiger partial charge in [0, 0.05) is 11.6 Å². The first-order chi connectivity index (χ1) is 9.95. The smallest absolute Gasteiger partial charge is 0.210 e. The molecule has 21 heavy (non-hydrogen) atoms. The molecule has 1 aromatic heterocycles. The van der Waals surface area contributed by atoms with Crippen LogP contribution in [0.3, 0.4) is 0 Å². The monoisotopic (exact) mass is 417 g/mol. The fourth-order valence-electron chi connectivity index (χ4n) is 1.97. The van der Waals surface area contributed by atoms with E-state index in [9.17, 15) is 4.79 Å². The van der Waals surface area contributed by atoms with Gasteiger partial charge in [-0.25, -0.2) is 4.68 Å². The Morgan fingerprint density at radius 2 is 2.10 bits per heavy atom. The van der Waals surface area contributed by atoms with Gasteiger partial charge in [0.15, 0.2) is 0 Å². The average molecular weight is 418 g/mol. The highest BCUT2D eigenvalue weighted by Gasteiger charge is 2.18. The average Bonchev–Trinajstić information content (AvgIpc) is 2.73. The van der Waals surface area contributed by atoms with Gasteiger partial charge in [0.1, 0.15) is 3.70 Å². The molecule has 0 saturated heterocycles. The summed E-state index contributed by atoms with van der Waals surface area (Å²) in [5.41, 5.74) is 2.81. The molecule has 0 atom stereocenters. The Balaban J connectivity index is 2.42. The van der Waals surface area contributed by atoms with Gasteiger partial charge in [-0.05, 0) is 55.5 Å². The Hall–Kier alpha value is -1.08. The minimum atomic E-state index is 0.144. The number of nitrogens with zero attached hydrogens (tertiary/aromatic N) is 3. The van der Waals surface area contributed by atoms with Gasteiger partial charge in [0.25, 0.3) is 0 Å². The molecule has 4 nitrogen and oxygen atoms in total. The molecule has 0 fully saturated rings. The van der Waals surface area contributed by atoms with Gasteiger partial charge in [-0.1, -0.05) is 23.7 Å². The lowest BCUT2D eigenvalue weighted by Gasteiger charge is -2.20. The molecular formula is C15H17ClIN3O. The second-order valence-corrected chi connectivity index (χ2v) is 6.53. The van der Waals surface area contributed by atoms with E-state index in [1.54, 1.807) is 4.90 Å². The lowest BCUT2D eigenvalue weighted by atomic mass is 10.2. The Morgan fingerprint density at radius 3 is 2.67 bits per heavy atom. The van der Waals surface area contributed by atoms with Gasteiger partial charge in [0.2, 0.25) is 6.41 Å². The van der Waals surface area contributed by atoms with E-state index >= 15 is 0 Å². The van der Waals surface area contributed by atoms with Gasteiger partial charge >= 0.3 is 0 Å². The maximum Gasteiger partial charge on any atom is 0.210 e. The number of carbonyl (C=O) groups excluding carboxylic acids is 1. The molecule has 0 saturated carbocycles. The number of hydrogen-bond acceptors (Lipinski definition) is 2. The van der Waals surface area contributed by atoms with Crippen molar-refractivity contribution in [2.75, 3.05) is 0 Å². The standard InChI is InChI=1S/C15H17ClIN3O/c1-10(2)19(9-21)8-13-11(3)15(17)20(18-13)14-7-5-4-6-12(14)16/h4-7,9-10H,8H2,1-3H3. The third-order valence-electron chi connectivity index (χ3n) is 3.36. The molecule has 0 spiro atoms. The Morgan fingerprint density at radius 1 is 1.43 bits per heavy atom. The summed E-state index contributed by atoms with van der Waals surface area (Å²) in [6, 6.07) is 7.74. The fraction of sp³-hybridized carbons (Fsp3) is 0.333. The summed E-state index contributed by atoms with van der Waals surface area (Å²) in [5, 5.41) is 5.29. The highest BCUT2D eigenvalue weighted by molar-refractivity contribution is 14.1. The van der Waals surface area contributed by atoms with Gasteiger partial charge in [0.05, 0.1) is 22.9 Å². The number of amides is 1. The minimum Gasteiger partial charge on any atom is -0.337 e. The summed E-state index contributed by atoms with van der Waals surface area (Å²) < 4.78 is 2.84. The van der Waals surface area contributed by atoms with Crippen LogP contribution < -0.4 is 0 Å². The van der Waals surface area contributed by atoms with E-state index in [1.807, 2.05) is 49.7 Å². The highest BCUT2D eigenvalue weighted by Crippen LogP contribution is 2.25. The van der Waals surface area contributed by atoms with Crippen LogP contribution in [0.15, 0.2) is 24.3 Å². The third kappa shape index (κ3) is 3.40. The van der Waals surface area contributed by atoms with Crippen molar-refractivity contribution >= 4 is 40.6 Å². The van der Waals surface area contributed by atoms with Gasteiger partial charge in [-0.2, -0.15) is 5.10 Å². The summed E-state index contributed by atoms with van der Waals surface area (Å²) in [7, 11) is 0. The molecule has 0 aliphatic carbocycles. The molecule has 0 aliphatic rings. The van der Waals surface area contributed by atoms with Crippen molar-refractivity contribution in [1.82, 2.24) is 14.7 Å². The van der Waals surface area contributed by atoms with Gasteiger partial charge < -0.3 is 4.90 Å². The van der Waals surface area contributed by atoms with Gasteiger partial charge in [-0.15, -0.1) is 0 Å².